The third kappa shape index (κ3) is 4.43. The summed E-state index contributed by atoms with van der Waals surface area (Å²) in [6.45, 7) is 2.70. The summed E-state index contributed by atoms with van der Waals surface area (Å²) < 4.78 is 6.20. The van der Waals surface area contributed by atoms with Crippen LogP contribution < -0.4 is 0 Å². The minimum Gasteiger partial charge on any atom is -0.452 e. The highest BCUT2D eigenvalue weighted by atomic mass is 127. The minimum atomic E-state index is -0.440. The van der Waals surface area contributed by atoms with Crippen LogP contribution in [0, 0.1) is 3.57 Å². The van der Waals surface area contributed by atoms with Gasteiger partial charge < -0.3 is 9.64 Å². The Bertz CT molecular complexity index is 501. The maximum atomic E-state index is 12.2. The van der Waals surface area contributed by atoms with Crippen molar-refractivity contribution in [2.75, 3.05) is 13.2 Å². The van der Waals surface area contributed by atoms with E-state index >= 15 is 0 Å². The Kier molecular flexibility index (Phi) is 6.02. The van der Waals surface area contributed by atoms with Gasteiger partial charge in [0.25, 0.3) is 5.91 Å². The molecule has 114 valence electrons. The summed E-state index contributed by atoms with van der Waals surface area (Å²) in [7, 11) is 0. The molecule has 0 aliphatic carbocycles. The summed E-state index contributed by atoms with van der Waals surface area (Å²) in [5.74, 6) is -0.523. The van der Waals surface area contributed by atoms with E-state index in [2.05, 4.69) is 29.5 Å². The van der Waals surface area contributed by atoms with Crippen molar-refractivity contribution in [3.05, 3.63) is 33.4 Å². The summed E-state index contributed by atoms with van der Waals surface area (Å²) in [6.07, 6.45) is 4.21. The Hall–Kier alpha value is -1.11. The molecule has 0 radical (unpaired) electrons. The molecule has 4 nitrogen and oxygen atoms in total. The van der Waals surface area contributed by atoms with E-state index in [0.717, 1.165) is 29.4 Å². The third-order valence-electron chi connectivity index (χ3n) is 3.83. The van der Waals surface area contributed by atoms with Gasteiger partial charge >= 0.3 is 5.97 Å². The SMILES string of the molecule is CCC1CCCCN1C(=O)COC(=O)c1ccc(I)cc1. The normalized spacial score (nSPS) is 18.4. The average molecular weight is 401 g/mol. The highest BCUT2D eigenvalue weighted by molar-refractivity contribution is 14.1. The van der Waals surface area contributed by atoms with E-state index in [1.54, 1.807) is 12.1 Å². The average Bonchev–Trinajstić information content (AvgIpc) is 2.52. The number of halogens is 1. The summed E-state index contributed by atoms with van der Waals surface area (Å²) in [4.78, 5) is 26.0. The molecule has 0 saturated carbocycles. The number of amides is 1. The lowest BCUT2D eigenvalue weighted by atomic mass is 10.00. The first-order valence-electron chi connectivity index (χ1n) is 7.34. The minimum absolute atomic E-state index is 0.0830. The topological polar surface area (TPSA) is 46.6 Å². The molecule has 1 aromatic rings. The van der Waals surface area contributed by atoms with Gasteiger partial charge in [0.15, 0.2) is 6.61 Å². The fraction of sp³-hybridized carbons (Fsp3) is 0.500. The van der Waals surface area contributed by atoms with Crippen molar-refractivity contribution in [3.8, 4) is 0 Å². The van der Waals surface area contributed by atoms with E-state index in [9.17, 15) is 9.59 Å². The van der Waals surface area contributed by atoms with Gasteiger partial charge in [-0.25, -0.2) is 4.79 Å². The van der Waals surface area contributed by atoms with Crippen molar-refractivity contribution in [3.63, 3.8) is 0 Å². The molecule has 1 amide bonds. The third-order valence-corrected chi connectivity index (χ3v) is 4.54. The van der Waals surface area contributed by atoms with Crippen molar-refractivity contribution in [2.45, 2.75) is 38.6 Å². The van der Waals surface area contributed by atoms with Gasteiger partial charge in [0, 0.05) is 16.2 Å². The van der Waals surface area contributed by atoms with Gasteiger partial charge in [-0.3, -0.25) is 4.79 Å². The Labute approximate surface area is 139 Å². The van der Waals surface area contributed by atoms with Gasteiger partial charge in [-0.15, -0.1) is 0 Å². The van der Waals surface area contributed by atoms with Crippen LogP contribution in [0.5, 0.6) is 0 Å². The lowest BCUT2D eigenvalue weighted by Gasteiger charge is -2.35. The van der Waals surface area contributed by atoms with Crippen LogP contribution in [0.15, 0.2) is 24.3 Å². The molecule has 1 atom stereocenters. The zero-order chi connectivity index (χ0) is 15.2. The number of benzene rings is 1. The van der Waals surface area contributed by atoms with Gasteiger partial charge in [0.05, 0.1) is 5.56 Å². The quantitative estimate of drug-likeness (QED) is 0.575. The molecule has 1 unspecified atom stereocenters. The molecule has 0 aromatic heterocycles. The first kappa shape index (κ1) is 16.3. The van der Waals surface area contributed by atoms with E-state index in [1.165, 1.54) is 6.42 Å². The second-order valence-electron chi connectivity index (χ2n) is 5.23. The van der Waals surface area contributed by atoms with Crippen molar-refractivity contribution in [2.24, 2.45) is 0 Å². The predicted octanol–water partition coefficient (Wildman–Crippen LogP) is 3.24. The van der Waals surface area contributed by atoms with Gasteiger partial charge in [0.2, 0.25) is 0 Å². The van der Waals surface area contributed by atoms with Crippen molar-refractivity contribution < 1.29 is 14.3 Å². The van der Waals surface area contributed by atoms with Gasteiger partial charge in [0.1, 0.15) is 0 Å². The first-order chi connectivity index (χ1) is 10.1. The lowest BCUT2D eigenvalue weighted by molar-refractivity contribution is -0.138. The zero-order valence-electron chi connectivity index (χ0n) is 12.2. The number of esters is 1. The number of carbonyl (C=O) groups is 2. The molecule has 0 bridgehead atoms. The summed E-state index contributed by atoms with van der Waals surface area (Å²) in [6, 6.07) is 7.41. The molecule has 21 heavy (non-hydrogen) atoms. The number of ether oxygens (including phenoxy) is 1. The fourth-order valence-corrected chi connectivity index (χ4v) is 2.99. The highest BCUT2D eigenvalue weighted by Gasteiger charge is 2.25. The number of hydrogen-bond acceptors (Lipinski definition) is 3. The van der Waals surface area contributed by atoms with Crippen LogP contribution in [0.4, 0.5) is 0 Å². The summed E-state index contributed by atoms with van der Waals surface area (Å²) in [5, 5.41) is 0. The Morgan fingerprint density at radius 3 is 2.67 bits per heavy atom. The van der Waals surface area contributed by atoms with Crippen LogP contribution in [-0.2, 0) is 9.53 Å². The van der Waals surface area contributed by atoms with Crippen molar-refractivity contribution >= 4 is 34.5 Å². The highest BCUT2D eigenvalue weighted by Crippen LogP contribution is 2.19. The maximum absolute atomic E-state index is 12.2. The first-order valence-corrected chi connectivity index (χ1v) is 8.42. The number of rotatable bonds is 4. The molecule has 1 heterocycles. The Balaban J connectivity index is 1.88. The molecule has 1 aliphatic heterocycles. The monoisotopic (exact) mass is 401 g/mol. The maximum Gasteiger partial charge on any atom is 0.338 e. The van der Waals surface area contributed by atoms with Crippen LogP contribution in [0.3, 0.4) is 0 Å². The fourth-order valence-electron chi connectivity index (χ4n) is 2.63. The molecular weight excluding hydrogens is 381 g/mol. The molecule has 1 aliphatic rings. The Morgan fingerprint density at radius 2 is 2.00 bits per heavy atom. The smallest absolute Gasteiger partial charge is 0.338 e. The molecule has 0 N–H and O–H groups in total. The molecular formula is C16H20INO3. The molecule has 2 rings (SSSR count). The Morgan fingerprint density at radius 1 is 1.29 bits per heavy atom. The van der Waals surface area contributed by atoms with E-state index in [0.29, 0.717) is 11.6 Å². The molecule has 5 heteroatoms. The lowest BCUT2D eigenvalue weighted by Crippen LogP contribution is -2.45. The number of hydrogen-bond donors (Lipinski definition) is 0. The van der Waals surface area contributed by atoms with E-state index in [4.69, 9.17) is 4.74 Å². The van der Waals surface area contributed by atoms with Crippen molar-refractivity contribution in [1.82, 2.24) is 4.90 Å². The van der Waals surface area contributed by atoms with E-state index in [1.807, 2.05) is 17.0 Å². The van der Waals surface area contributed by atoms with E-state index < -0.39 is 5.97 Å². The summed E-state index contributed by atoms with van der Waals surface area (Å²) in [5.41, 5.74) is 0.480. The van der Waals surface area contributed by atoms with Gasteiger partial charge in [-0.1, -0.05) is 6.92 Å². The number of piperidine rings is 1. The zero-order valence-corrected chi connectivity index (χ0v) is 14.3. The standard InChI is InChI=1S/C16H20INO3/c1-2-14-5-3-4-10-18(14)15(19)11-21-16(20)12-6-8-13(17)9-7-12/h6-9,14H,2-5,10-11H2,1H3. The van der Waals surface area contributed by atoms with Crippen LogP contribution >= 0.6 is 22.6 Å². The molecule has 1 saturated heterocycles. The van der Waals surface area contributed by atoms with Crippen LogP contribution in [0.2, 0.25) is 0 Å². The molecule has 0 spiro atoms. The second-order valence-corrected chi connectivity index (χ2v) is 6.47. The van der Waals surface area contributed by atoms with Crippen molar-refractivity contribution in [1.29, 1.82) is 0 Å². The van der Waals surface area contributed by atoms with E-state index in [-0.39, 0.29) is 12.5 Å². The number of likely N-dealkylation sites (tertiary alicyclic amines) is 1. The largest absolute Gasteiger partial charge is 0.452 e. The number of carbonyl (C=O) groups excluding carboxylic acids is 2. The second kappa shape index (κ2) is 7.77. The number of nitrogens with zero attached hydrogens (tertiary/aromatic N) is 1. The van der Waals surface area contributed by atoms with Crippen LogP contribution in [-0.4, -0.2) is 36.0 Å². The predicted molar refractivity (Wildman–Crippen MR) is 89.1 cm³/mol. The van der Waals surface area contributed by atoms with Crippen LogP contribution in [0.25, 0.3) is 0 Å². The van der Waals surface area contributed by atoms with Crippen LogP contribution in [0.1, 0.15) is 43.0 Å². The van der Waals surface area contributed by atoms with Gasteiger partial charge in [-0.05, 0) is 72.5 Å². The van der Waals surface area contributed by atoms with Gasteiger partial charge in [-0.2, -0.15) is 0 Å². The molecule has 1 aromatic carbocycles. The summed E-state index contributed by atoms with van der Waals surface area (Å²) >= 11 is 2.17. The molecule has 1 fully saturated rings.